The Hall–Kier alpha value is -5.98. The Morgan fingerprint density at radius 3 is 1.52 bits per heavy atom. The maximum atomic E-state index is 2.46. The third-order valence-corrected chi connectivity index (χ3v) is 11.6. The van der Waals surface area contributed by atoms with E-state index in [-0.39, 0.29) is 0 Å². The molecule has 0 heterocycles. The molecule has 0 N–H and O–H groups in total. The van der Waals surface area contributed by atoms with Crippen molar-refractivity contribution in [3.8, 4) is 33.4 Å². The second-order valence-corrected chi connectivity index (χ2v) is 15.2. The van der Waals surface area contributed by atoms with E-state index in [0.717, 1.165) is 0 Å². The molecule has 10 rings (SSSR count). The summed E-state index contributed by atoms with van der Waals surface area (Å²) >= 11 is 0. The highest BCUT2D eigenvalue weighted by molar-refractivity contribution is 6.31. The van der Waals surface area contributed by atoms with Crippen molar-refractivity contribution < 1.29 is 0 Å². The van der Waals surface area contributed by atoms with Crippen LogP contribution in [-0.2, 0) is 0 Å². The fourth-order valence-electron chi connectivity index (χ4n) is 8.98. The predicted molar refractivity (Wildman–Crippen MR) is 227 cm³/mol. The van der Waals surface area contributed by atoms with Gasteiger partial charge in [0.2, 0.25) is 0 Å². The summed E-state index contributed by atoms with van der Waals surface area (Å²) in [6.45, 7) is 9.19. The van der Waals surface area contributed by atoms with Crippen LogP contribution in [0.1, 0.15) is 50.7 Å². The first-order valence-electron chi connectivity index (χ1n) is 18.7. The van der Waals surface area contributed by atoms with Crippen LogP contribution in [0.15, 0.2) is 158 Å². The van der Waals surface area contributed by atoms with Gasteiger partial charge in [0.15, 0.2) is 0 Å². The highest BCUT2D eigenvalue weighted by Gasteiger charge is 2.22. The standard InChI is InChI=1S/C52H40/c1-31(2)33-17-20-35(21-18-33)49-39-13-7-9-15-41(39)51(42-16-10-8-14-40(42)49)44-25-23-36-24-26-45-47(32(3)4)30-48(46-28-27-43(44)50(36)52(45)46)38-22-19-34-11-5-6-12-37(34)29-38/h5-32H,1-4H3. The first-order valence-corrected chi connectivity index (χ1v) is 18.7. The lowest BCUT2D eigenvalue weighted by atomic mass is 9.81. The molecule has 0 spiro atoms. The topological polar surface area (TPSA) is 0 Å². The Morgan fingerprint density at radius 2 is 0.865 bits per heavy atom. The molecule has 0 radical (unpaired) electrons. The lowest BCUT2D eigenvalue weighted by molar-refractivity contribution is 0.867. The van der Waals surface area contributed by atoms with E-state index in [9.17, 15) is 0 Å². The summed E-state index contributed by atoms with van der Waals surface area (Å²) in [6.07, 6.45) is 0. The minimum absolute atomic E-state index is 0.387. The van der Waals surface area contributed by atoms with Gasteiger partial charge in [-0.25, -0.2) is 0 Å². The quantitative estimate of drug-likeness (QED) is 0.127. The van der Waals surface area contributed by atoms with Crippen molar-refractivity contribution in [3.63, 3.8) is 0 Å². The molecule has 0 bridgehead atoms. The monoisotopic (exact) mass is 664 g/mol. The molecule has 0 fully saturated rings. The van der Waals surface area contributed by atoms with Crippen LogP contribution in [0.2, 0.25) is 0 Å². The van der Waals surface area contributed by atoms with Gasteiger partial charge in [-0.2, -0.15) is 0 Å². The Balaban J connectivity index is 1.30. The molecule has 0 aliphatic heterocycles. The van der Waals surface area contributed by atoms with Gasteiger partial charge in [0.25, 0.3) is 0 Å². The third kappa shape index (κ3) is 4.60. The van der Waals surface area contributed by atoms with Gasteiger partial charge in [-0.05, 0) is 133 Å². The van der Waals surface area contributed by atoms with Gasteiger partial charge in [0.05, 0.1) is 0 Å². The number of fused-ring (bicyclic) bond motifs is 3. The van der Waals surface area contributed by atoms with E-state index >= 15 is 0 Å². The number of benzene rings is 10. The molecule has 248 valence electrons. The molecule has 0 aliphatic carbocycles. The van der Waals surface area contributed by atoms with Crippen LogP contribution in [0, 0.1) is 0 Å². The summed E-state index contributed by atoms with van der Waals surface area (Å²) in [4.78, 5) is 0. The molecule has 0 nitrogen and oxygen atoms in total. The van der Waals surface area contributed by atoms with Gasteiger partial charge in [-0.3, -0.25) is 0 Å². The van der Waals surface area contributed by atoms with Gasteiger partial charge >= 0.3 is 0 Å². The zero-order valence-corrected chi connectivity index (χ0v) is 30.2. The minimum Gasteiger partial charge on any atom is -0.0616 e. The molecule has 0 amide bonds. The number of hydrogen-bond donors (Lipinski definition) is 0. The molecule has 0 unspecified atom stereocenters. The van der Waals surface area contributed by atoms with Crippen LogP contribution in [-0.4, -0.2) is 0 Å². The SMILES string of the molecule is CC(C)c1ccc(-c2c3ccccc3c(-c3ccc4ccc5c(C(C)C)cc(-c6ccc7ccccc7c6)c6ccc3c4c65)c3ccccc23)cc1. The van der Waals surface area contributed by atoms with Crippen molar-refractivity contribution in [2.45, 2.75) is 39.5 Å². The minimum atomic E-state index is 0.387. The second kappa shape index (κ2) is 11.8. The lowest BCUT2D eigenvalue weighted by Gasteiger charge is -2.22. The molecule has 0 atom stereocenters. The zero-order valence-electron chi connectivity index (χ0n) is 30.2. The van der Waals surface area contributed by atoms with E-state index in [1.54, 1.807) is 0 Å². The van der Waals surface area contributed by atoms with E-state index in [0.29, 0.717) is 11.8 Å². The molecule has 10 aromatic rings. The summed E-state index contributed by atoms with van der Waals surface area (Å²) in [6, 6.07) is 59.7. The van der Waals surface area contributed by atoms with Gasteiger partial charge in [-0.1, -0.05) is 173 Å². The van der Waals surface area contributed by atoms with Crippen molar-refractivity contribution in [1.82, 2.24) is 0 Å². The average Bonchev–Trinajstić information content (AvgIpc) is 3.18. The van der Waals surface area contributed by atoms with Crippen LogP contribution in [0.3, 0.4) is 0 Å². The Morgan fingerprint density at radius 1 is 0.327 bits per heavy atom. The van der Waals surface area contributed by atoms with E-state index in [1.165, 1.54) is 109 Å². The van der Waals surface area contributed by atoms with Crippen LogP contribution in [0.5, 0.6) is 0 Å². The molecule has 0 heteroatoms. The third-order valence-electron chi connectivity index (χ3n) is 11.6. The fraction of sp³-hybridized carbons (Fsp3) is 0.115. The van der Waals surface area contributed by atoms with Crippen molar-refractivity contribution in [2.24, 2.45) is 0 Å². The summed E-state index contributed by atoms with van der Waals surface area (Å²) in [5.74, 6) is 0.887. The van der Waals surface area contributed by atoms with Crippen molar-refractivity contribution in [3.05, 3.63) is 169 Å². The molecule has 10 aromatic carbocycles. The molecule has 0 aliphatic rings. The van der Waals surface area contributed by atoms with Gasteiger partial charge < -0.3 is 0 Å². The van der Waals surface area contributed by atoms with Crippen molar-refractivity contribution in [2.75, 3.05) is 0 Å². The van der Waals surface area contributed by atoms with Crippen LogP contribution >= 0.6 is 0 Å². The maximum Gasteiger partial charge on any atom is -0.00175 e. The Kier molecular flexibility index (Phi) is 6.99. The van der Waals surface area contributed by atoms with Crippen molar-refractivity contribution >= 4 is 64.6 Å². The van der Waals surface area contributed by atoms with Crippen molar-refractivity contribution in [1.29, 1.82) is 0 Å². The first-order chi connectivity index (χ1) is 25.5. The number of hydrogen-bond acceptors (Lipinski definition) is 0. The summed E-state index contributed by atoms with van der Waals surface area (Å²) in [5, 5.41) is 15.7. The molecule has 52 heavy (non-hydrogen) atoms. The summed E-state index contributed by atoms with van der Waals surface area (Å²) in [5.41, 5.74) is 10.5. The Labute approximate surface area is 305 Å². The van der Waals surface area contributed by atoms with Gasteiger partial charge in [-0.15, -0.1) is 0 Å². The zero-order chi connectivity index (χ0) is 35.1. The normalized spacial score (nSPS) is 12.2. The van der Waals surface area contributed by atoms with E-state index in [4.69, 9.17) is 0 Å². The predicted octanol–water partition coefficient (Wildman–Crippen LogP) is 15.3. The van der Waals surface area contributed by atoms with E-state index < -0.39 is 0 Å². The molecule has 0 saturated heterocycles. The van der Waals surface area contributed by atoms with Crippen LogP contribution in [0.4, 0.5) is 0 Å². The molecule has 0 saturated carbocycles. The molecular weight excluding hydrogens is 625 g/mol. The highest BCUT2D eigenvalue weighted by Crippen LogP contribution is 2.49. The number of rotatable bonds is 5. The highest BCUT2D eigenvalue weighted by atomic mass is 14.2. The fourth-order valence-corrected chi connectivity index (χ4v) is 8.98. The first kappa shape index (κ1) is 30.8. The molecular formula is C52H40. The average molecular weight is 665 g/mol. The van der Waals surface area contributed by atoms with E-state index in [2.05, 4.69) is 185 Å². The second-order valence-electron chi connectivity index (χ2n) is 15.2. The maximum absolute atomic E-state index is 2.46. The summed E-state index contributed by atoms with van der Waals surface area (Å²) in [7, 11) is 0. The largest absolute Gasteiger partial charge is 0.0616 e. The van der Waals surface area contributed by atoms with Crippen LogP contribution in [0.25, 0.3) is 98.0 Å². The van der Waals surface area contributed by atoms with E-state index in [1.807, 2.05) is 0 Å². The van der Waals surface area contributed by atoms with Gasteiger partial charge in [0, 0.05) is 0 Å². The molecule has 0 aromatic heterocycles. The lowest BCUT2D eigenvalue weighted by Crippen LogP contribution is -1.96. The smallest absolute Gasteiger partial charge is 0.00175 e. The Bertz CT molecular complexity index is 2940. The van der Waals surface area contributed by atoms with Gasteiger partial charge in [0.1, 0.15) is 0 Å². The van der Waals surface area contributed by atoms with Crippen LogP contribution < -0.4 is 0 Å². The summed E-state index contributed by atoms with van der Waals surface area (Å²) < 4.78 is 0.